The summed E-state index contributed by atoms with van der Waals surface area (Å²) in [7, 11) is 2.15. The van der Waals surface area contributed by atoms with Crippen LogP contribution in [0.1, 0.15) is 70.9 Å². The zero-order chi connectivity index (χ0) is 30.2. The minimum Gasteiger partial charge on any atom is -1.00 e. The van der Waals surface area contributed by atoms with Crippen LogP contribution in [0.3, 0.4) is 0 Å². The highest BCUT2D eigenvalue weighted by atomic mass is 35.5. The number of carbonyl (C=O) groups excluding carboxylic acids is 1. The standard InChI is InChI=1S/C35H44N6O.ClH/c1-34(2)27-17-11-13-19-29(27)40(5)31(34)21-8-6-9-22-32-35(3,4)28-18-12-14-20-30(28)41(32)26-15-7-10-23-33(42)37-24-16-25-38-39-36;/h6,8-9,11-14,17-22H,7,10,15-16,23-26H2,1-5H3;1H. The van der Waals surface area contributed by atoms with Gasteiger partial charge in [0.2, 0.25) is 11.6 Å². The molecular weight excluding hydrogens is 556 g/mol. The molecule has 0 spiro atoms. The smallest absolute Gasteiger partial charge is 0.219 e. The van der Waals surface area contributed by atoms with Gasteiger partial charge >= 0.3 is 0 Å². The van der Waals surface area contributed by atoms with Gasteiger partial charge < -0.3 is 22.6 Å². The van der Waals surface area contributed by atoms with E-state index in [0.29, 0.717) is 25.9 Å². The molecule has 0 saturated carbocycles. The van der Waals surface area contributed by atoms with Crippen LogP contribution in [-0.2, 0) is 15.6 Å². The van der Waals surface area contributed by atoms with Crippen LogP contribution in [0.4, 0.5) is 11.4 Å². The summed E-state index contributed by atoms with van der Waals surface area (Å²) < 4.78 is 2.30. The summed E-state index contributed by atoms with van der Waals surface area (Å²) in [5.41, 5.74) is 16.0. The highest BCUT2D eigenvalue weighted by Crippen LogP contribution is 2.47. The van der Waals surface area contributed by atoms with Crippen molar-refractivity contribution in [2.24, 2.45) is 5.11 Å². The molecule has 0 unspecified atom stereocenters. The lowest BCUT2D eigenvalue weighted by atomic mass is 9.81. The largest absolute Gasteiger partial charge is 1.00 e. The van der Waals surface area contributed by atoms with E-state index in [4.69, 9.17) is 5.53 Å². The van der Waals surface area contributed by atoms with Gasteiger partial charge in [-0.2, -0.15) is 4.58 Å². The fourth-order valence-corrected chi connectivity index (χ4v) is 6.28. The molecule has 8 heteroatoms. The lowest BCUT2D eigenvalue weighted by Gasteiger charge is -2.27. The average Bonchev–Trinajstić information content (AvgIpc) is 3.31. The van der Waals surface area contributed by atoms with Crippen LogP contribution in [0.5, 0.6) is 0 Å². The Bertz CT molecular complexity index is 1460. The van der Waals surface area contributed by atoms with Gasteiger partial charge in [-0.1, -0.05) is 80.0 Å². The Morgan fingerprint density at radius 2 is 1.67 bits per heavy atom. The van der Waals surface area contributed by atoms with E-state index in [2.05, 4.69) is 138 Å². The number of nitrogens with one attached hydrogen (secondary N) is 1. The minimum absolute atomic E-state index is 0. The SMILES string of the molecule is C[N+]1=C(/C=C/C=C/C=C2\N(CCCCCC(=O)NCCCN=[N+]=[N-])c3ccccc3C2(C)C)C(C)(C)c2ccccc21.[Cl-]. The third kappa shape index (κ3) is 7.59. The van der Waals surface area contributed by atoms with E-state index in [0.717, 1.165) is 25.8 Å². The van der Waals surface area contributed by atoms with Gasteiger partial charge in [0.05, 0.1) is 5.41 Å². The highest BCUT2D eigenvalue weighted by Gasteiger charge is 2.42. The number of fused-ring (bicyclic) bond motifs is 2. The molecule has 2 aromatic rings. The molecule has 2 heterocycles. The molecule has 0 saturated heterocycles. The van der Waals surface area contributed by atoms with Crippen molar-refractivity contribution in [1.29, 1.82) is 0 Å². The van der Waals surface area contributed by atoms with E-state index >= 15 is 0 Å². The number of allylic oxidation sites excluding steroid dienone is 6. The molecule has 1 N–H and O–H groups in total. The zero-order valence-corrected chi connectivity index (χ0v) is 26.9. The van der Waals surface area contributed by atoms with Crippen molar-refractivity contribution < 1.29 is 21.8 Å². The van der Waals surface area contributed by atoms with Crippen molar-refractivity contribution in [2.45, 2.75) is 70.6 Å². The van der Waals surface area contributed by atoms with Crippen molar-refractivity contribution in [2.75, 3.05) is 31.6 Å². The van der Waals surface area contributed by atoms with Gasteiger partial charge in [0.1, 0.15) is 7.05 Å². The van der Waals surface area contributed by atoms with Gasteiger partial charge in [0.15, 0.2) is 5.71 Å². The maximum atomic E-state index is 12.1. The van der Waals surface area contributed by atoms with Crippen molar-refractivity contribution in [3.63, 3.8) is 0 Å². The van der Waals surface area contributed by atoms with Crippen LogP contribution in [0.2, 0.25) is 0 Å². The van der Waals surface area contributed by atoms with Crippen LogP contribution in [-0.4, -0.2) is 42.9 Å². The Hall–Kier alpha value is -3.80. The minimum atomic E-state index is -0.0931. The number of carbonyl (C=O) groups is 1. The first kappa shape index (κ1) is 33.7. The maximum absolute atomic E-state index is 12.1. The predicted molar refractivity (Wildman–Crippen MR) is 174 cm³/mol. The molecule has 0 radical (unpaired) electrons. The molecule has 2 aliphatic heterocycles. The summed E-state index contributed by atoms with van der Waals surface area (Å²) in [4.78, 5) is 17.3. The van der Waals surface area contributed by atoms with Crippen molar-refractivity contribution >= 4 is 23.0 Å². The number of para-hydroxylation sites is 2. The van der Waals surface area contributed by atoms with Gasteiger partial charge in [-0.15, -0.1) is 0 Å². The number of rotatable bonds is 13. The molecule has 7 nitrogen and oxygen atoms in total. The quantitative estimate of drug-likeness (QED) is 0.0889. The number of halogens is 1. The molecule has 1 amide bonds. The summed E-state index contributed by atoms with van der Waals surface area (Å²) in [5, 5.41) is 6.40. The lowest BCUT2D eigenvalue weighted by molar-refractivity contribution is -0.401. The first-order valence-electron chi connectivity index (χ1n) is 15.1. The van der Waals surface area contributed by atoms with Crippen molar-refractivity contribution in [1.82, 2.24) is 5.32 Å². The highest BCUT2D eigenvalue weighted by molar-refractivity contribution is 6.03. The number of benzene rings is 2. The Balaban J connectivity index is 0.00000506. The summed E-state index contributed by atoms with van der Waals surface area (Å²) in [5.74, 6) is 0.0663. The van der Waals surface area contributed by atoms with Gasteiger partial charge in [0.25, 0.3) is 0 Å². The van der Waals surface area contributed by atoms with E-state index in [9.17, 15) is 4.79 Å². The molecule has 0 fully saturated rings. The molecule has 43 heavy (non-hydrogen) atoms. The summed E-state index contributed by atoms with van der Waals surface area (Å²) in [6.45, 7) is 11.1. The fourth-order valence-electron chi connectivity index (χ4n) is 6.28. The second-order valence-corrected chi connectivity index (χ2v) is 12.1. The van der Waals surface area contributed by atoms with Crippen LogP contribution < -0.4 is 22.6 Å². The molecule has 0 atom stereocenters. The van der Waals surface area contributed by atoms with E-state index in [1.165, 1.54) is 33.9 Å². The second kappa shape index (κ2) is 15.1. The molecule has 0 aliphatic carbocycles. The molecule has 228 valence electrons. The van der Waals surface area contributed by atoms with Crippen molar-refractivity contribution in [3.8, 4) is 0 Å². The second-order valence-electron chi connectivity index (χ2n) is 12.1. The molecule has 2 aromatic carbocycles. The maximum Gasteiger partial charge on any atom is 0.219 e. The summed E-state index contributed by atoms with van der Waals surface area (Å²) in [6, 6.07) is 17.3. The number of nitrogens with zero attached hydrogens (tertiary/aromatic N) is 5. The third-order valence-corrected chi connectivity index (χ3v) is 8.58. The number of hydrogen-bond acceptors (Lipinski definition) is 3. The number of anilines is 1. The van der Waals surface area contributed by atoms with Gasteiger partial charge in [-0.3, -0.25) is 4.79 Å². The third-order valence-electron chi connectivity index (χ3n) is 8.58. The van der Waals surface area contributed by atoms with Gasteiger partial charge in [-0.25, -0.2) is 0 Å². The zero-order valence-electron chi connectivity index (χ0n) is 26.2. The number of unbranched alkanes of at least 4 members (excludes halogenated alkanes) is 2. The Morgan fingerprint density at radius 3 is 2.42 bits per heavy atom. The first-order valence-corrected chi connectivity index (χ1v) is 15.1. The summed E-state index contributed by atoms with van der Waals surface area (Å²) in [6.07, 6.45) is 15.0. The van der Waals surface area contributed by atoms with E-state index in [-0.39, 0.29) is 29.1 Å². The van der Waals surface area contributed by atoms with Crippen LogP contribution >= 0.6 is 0 Å². The number of hydrogen-bond donors (Lipinski definition) is 1. The molecular formula is C35H45ClN6O. The van der Waals surface area contributed by atoms with Crippen LogP contribution in [0.25, 0.3) is 10.4 Å². The topological polar surface area (TPSA) is 84.1 Å². The molecule has 2 aliphatic rings. The van der Waals surface area contributed by atoms with Gasteiger partial charge in [0, 0.05) is 65.5 Å². The van der Waals surface area contributed by atoms with Crippen LogP contribution in [0, 0.1) is 0 Å². The monoisotopic (exact) mass is 600 g/mol. The fraction of sp³-hybridized carbons (Fsp3) is 0.429. The van der Waals surface area contributed by atoms with E-state index < -0.39 is 0 Å². The molecule has 4 rings (SSSR count). The van der Waals surface area contributed by atoms with Gasteiger partial charge in [-0.05, 0) is 56.3 Å². The lowest BCUT2D eigenvalue weighted by Crippen LogP contribution is -3.00. The Morgan fingerprint density at radius 1 is 0.953 bits per heavy atom. The Labute approximate surface area is 263 Å². The average molecular weight is 601 g/mol. The van der Waals surface area contributed by atoms with Crippen molar-refractivity contribution in [3.05, 3.63) is 106 Å². The van der Waals surface area contributed by atoms with Crippen LogP contribution in [0.15, 0.2) is 89.7 Å². The Kier molecular flexibility index (Phi) is 11.8. The normalized spacial score (nSPS) is 17.2. The van der Waals surface area contributed by atoms with E-state index in [1.807, 2.05) is 0 Å². The predicted octanol–water partition coefficient (Wildman–Crippen LogP) is 4.87. The molecule has 0 aromatic heterocycles. The van der Waals surface area contributed by atoms with E-state index in [1.54, 1.807) is 0 Å². The molecule has 0 bridgehead atoms. The number of azide groups is 1. The summed E-state index contributed by atoms with van der Waals surface area (Å²) >= 11 is 0. The first-order chi connectivity index (χ1) is 20.2. The number of amides is 1.